The molecule has 0 spiro atoms. The zero-order valence-corrected chi connectivity index (χ0v) is 12.9. The van der Waals surface area contributed by atoms with Crippen LogP contribution in [0.4, 0.5) is 0 Å². The minimum atomic E-state index is 0.143. The zero-order valence-electron chi connectivity index (χ0n) is 12.0. The SMILES string of the molecule is O=C1CC(S)CN1Cc1ccc(Oc2ccc(O)cc2)cc1. The van der Waals surface area contributed by atoms with Crippen molar-refractivity contribution < 1.29 is 14.6 Å². The topological polar surface area (TPSA) is 49.8 Å². The Morgan fingerprint density at radius 2 is 1.68 bits per heavy atom. The van der Waals surface area contributed by atoms with Gasteiger partial charge in [-0.3, -0.25) is 4.79 Å². The molecule has 1 fully saturated rings. The molecule has 0 bridgehead atoms. The van der Waals surface area contributed by atoms with Crippen molar-refractivity contribution in [2.75, 3.05) is 6.54 Å². The number of hydrogen-bond acceptors (Lipinski definition) is 4. The summed E-state index contributed by atoms with van der Waals surface area (Å²) < 4.78 is 5.69. The second kappa shape index (κ2) is 6.32. The second-order valence-corrected chi connectivity index (χ2v) is 6.10. The van der Waals surface area contributed by atoms with Crippen molar-refractivity contribution in [2.45, 2.75) is 18.2 Å². The van der Waals surface area contributed by atoms with E-state index in [0.717, 1.165) is 5.56 Å². The van der Waals surface area contributed by atoms with E-state index in [2.05, 4.69) is 12.6 Å². The molecule has 2 aromatic carbocycles. The Morgan fingerprint density at radius 3 is 2.23 bits per heavy atom. The Balaban J connectivity index is 1.63. The van der Waals surface area contributed by atoms with Crippen LogP contribution in [0.1, 0.15) is 12.0 Å². The third-order valence-electron chi connectivity index (χ3n) is 3.56. The van der Waals surface area contributed by atoms with Gasteiger partial charge in [-0.2, -0.15) is 12.6 Å². The van der Waals surface area contributed by atoms with E-state index in [4.69, 9.17) is 4.74 Å². The van der Waals surface area contributed by atoms with E-state index in [-0.39, 0.29) is 16.9 Å². The molecule has 1 atom stereocenters. The summed E-state index contributed by atoms with van der Waals surface area (Å²) in [5.41, 5.74) is 1.06. The van der Waals surface area contributed by atoms with Gasteiger partial charge in [0.25, 0.3) is 0 Å². The molecule has 1 saturated heterocycles. The number of phenolic OH excluding ortho intramolecular Hbond substituents is 1. The van der Waals surface area contributed by atoms with Crippen molar-refractivity contribution in [1.29, 1.82) is 0 Å². The summed E-state index contributed by atoms with van der Waals surface area (Å²) in [5.74, 6) is 1.75. The highest BCUT2D eigenvalue weighted by atomic mass is 32.1. The predicted molar refractivity (Wildman–Crippen MR) is 87.4 cm³/mol. The number of benzene rings is 2. The molecule has 114 valence electrons. The second-order valence-electron chi connectivity index (χ2n) is 5.37. The monoisotopic (exact) mass is 315 g/mol. The standard InChI is InChI=1S/C17H17NO3S/c19-13-3-7-15(8-4-13)21-14-5-1-12(2-6-14)10-18-11-16(22)9-17(18)20/h1-8,16,19,22H,9-11H2. The molecule has 1 heterocycles. The maximum absolute atomic E-state index is 11.8. The molecular formula is C17H17NO3S. The van der Waals surface area contributed by atoms with Gasteiger partial charge in [-0.05, 0) is 42.0 Å². The van der Waals surface area contributed by atoms with Crippen LogP contribution in [0.5, 0.6) is 17.2 Å². The molecule has 1 aliphatic rings. The van der Waals surface area contributed by atoms with Gasteiger partial charge in [-0.15, -0.1) is 0 Å². The van der Waals surface area contributed by atoms with Gasteiger partial charge in [-0.25, -0.2) is 0 Å². The average molecular weight is 315 g/mol. The summed E-state index contributed by atoms with van der Waals surface area (Å²) in [5, 5.41) is 9.38. The fraction of sp³-hybridized carbons (Fsp3) is 0.235. The smallest absolute Gasteiger partial charge is 0.224 e. The highest BCUT2D eigenvalue weighted by Crippen LogP contribution is 2.24. The molecule has 1 unspecified atom stereocenters. The lowest BCUT2D eigenvalue weighted by Crippen LogP contribution is -2.24. The van der Waals surface area contributed by atoms with Crippen molar-refractivity contribution >= 4 is 18.5 Å². The van der Waals surface area contributed by atoms with E-state index in [1.54, 1.807) is 24.3 Å². The normalized spacial score (nSPS) is 17.8. The lowest BCUT2D eigenvalue weighted by Gasteiger charge is -2.16. The van der Waals surface area contributed by atoms with Crippen LogP contribution >= 0.6 is 12.6 Å². The van der Waals surface area contributed by atoms with Crippen LogP contribution in [0.2, 0.25) is 0 Å². The molecule has 0 aromatic heterocycles. The summed E-state index contributed by atoms with van der Waals surface area (Å²) in [6, 6.07) is 14.2. The Labute approximate surface area is 134 Å². The van der Waals surface area contributed by atoms with Gasteiger partial charge < -0.3 is 14.7 Å². The molecule has 1 N–H and O–H groups in total. The highest BCUT2D eigenvalue weighted by molar-refractivity contribution is 7.81. The van der Waals surface area contributed by atoms with Gasteiger partial charge in [0.05, 0.1) is 0 Å². The summed E-state index contributed by atoms with van der Waals surface area (Å²) in [7, 11) is 0. The van der Waals surface area contributed by atoms with Gasteiger partial charge >= 0.3 is 0 Å². The van der Waals surface area contributed by atoms with Crippen molar-refractivity contribution in [1.82, 2.24) is 4.90 Å². The Bertz CT molecular complexity index is 655. The zero-order chi connectivity index (χ0) is 15.5. The molecule has 22 heavy (non-hydrogen) atoms. The molecule has 5 heteroatoms. The van der Waals surface area contributed by atoms with E-state index < -0.39 is 0 Å². The quantitative estimate of drug-likeness (QED) is 0.852. The first kappa shape index (κ1) is 14.8. The van der Waals surface area contributed by atoms with E-state index in [9.17, 15) is 9.90 Å². The molecule has 0 radical (unpaired) electrons. The van der Waals surface area contributed by atoms with Crippen LogP contribution in [-0.4, -0.2) is 27.7 Å². The summed E-state index contributed by atoms with van der Waals surface area (Å²) in [6.45, 7) is 1.31. The lowest BCUT2D eigenvalue weighted by atomic mass is 10.2. The number of amides is 1. The van der Waals surface area contributed by atoms with Gasteiger partial charge in [0.1, 0.15) is 17.2 Å². The van der Waals surface area contributed by atoms with Gasteiger partial charge in [-0.1, -0.05) is 12.1 Å². The van der Waals surface area contributed by atoms with E-state index in [0.29, 0.717) is 31.0 Å². The van der Waals surface area contributed by atoms with Crippen molar-refractivity contribution in [2.24, 2.45) is 0 Å². The van der Waals surface area contributed by atoms with Crippen LogP contribution in [0, 0.1) is 0 Å². The first-order chi connectivity index (χ1) is 10.6. The number of phenols is 1. The minimum absolute atomic E-state index is 0.143. The average Bonchev–Trinajstić information content (AvgIpc) is 2.81. The fourth-order valence-electron chi connectivity index (χ4n) is 2.44. The van der Waals surface area contributed by atoms with Crippen LogP contribution < -0.4 is 4.74 Å². The molecule has 1 amide bonds. The molecule has 4 nitrogen and oxygen atoms in total. The van der Waals surface area contributed by atoms with E-state index in [1.165, 1.54) is 0 Å². The van der Waals surface area contributed by atoms with Gasteiger partial charge in [0.2, 0.25) is 5.91 Å². The first-order valence-corrected chi connectivity index (χ1v) is 7.63. The molecule has 3 rings (SSSR count). The lowest BCUT2D eigenvalue weighted by molar-refractivity contribution is -0.128. The number of nitrogens with zero attached hydrogens (tertiary/aromatic N) is 1. The number of rotatable bonds is 4. The molecule has 1 aliphatic heterocycles. The fourth-order valence-corrected chi connectivity index (χ4v) is 2.79. The van der Waals surface area contributed by atoms with Crippen molar-refractivity contribution in [3.05, 3.63) is 54.1 Å². The molecule has 0 saturated carbocycles. The van der Waals surface area contributed by atoms with Crippen LogP contribution in [0.3, 0.4) is 0 Å². The number of likely N-dealkylation sites (tertiary alicyclic amines) is 1. The number of carbonyl (C=O) groups is 1. The molecular weight excluding hydrogens is 298 g/mol. The first-order valence-electron chi connectivity index (χ1n) is 7.12. The maximum Gasteiger partial charge on any atom is 0.224 e. The largest absolute Gasteiger partial charge is 0.508 e. The number of carbonyl (C=O) groups excluding carboxylic acids is 1. The van der Waals surface area contributed by atoms with E-state index in [1.807, 2.05) is 29.2 Å². The van der Waals surface area contributed by atoms with Crippen molar-refractivity contribution in [3.8, 4) is 17.2 Å². The maximum atomic E-state index is 11.8. The predicted octanol–water partition coefficient (Wildman–Crippen LogP) is 3.22. The van der Waals surface area contributed by atoms with Gasteiger partial charge in [0, 0.05) is 24.8 Å². The third-order valence-corrected chi connectivity index (χ3v) is 3.91. The minimum Gasteiger partial charge on any atom is -0.508 e. The summed E-state index contributed by atoms with van der Waals surface area (Å²) >= 11 is 4.36. The molecule has 2 aromatic rings. The number of aromatic hydroxyl groups is 1. The number of ether oxygens (including phenoxy) is 1. The van der Waals surface area contributed by atoms with Crippen molar-refractivity contribution in [3.63, 3.8) is 0 Å². The van der Waals surface area contributed by atoms with E-state index >= 15 is 0 Å². The van der Waals surface area contributed by atoms with Crippen LogP contribution in [0.25, 0.3) is 0 Å². The van der Waals surface area contributed by atoms with Gasteiger partial charge in [0.15, 0.2) is 0 Å². The number of hydrogen-bond donors (Lipinski definition) is 2. The van der Waals surface area contributed by atoms with Crippen LogP contribution in [-0.2, 0) is 11.3 Å². The Kier molecular flexibility index (Phi) is 4.24. The number of thiol groups is 1. The highest BCUT2D eigenvalue weighted by Gasteiger charge is 2.26. The third kappa shape index (κ3) is 3.54. The molecule has 0 aliphatic carbocycles. The Morgan fingerprint density at radius 1 is 1.09 bits per heavy atom. The summed E-state index contributed by atoms with van der Waals surface area (Å²) in [4.78, 5) is 13.6. The Hall–Kier alpha value is -2.14. The summed E-state index contributed by atoms with van der Waals surface area (Å²) in [6.07, 6.45) is 0.519. The van der Waals surface area contributed by atoms with Crippen LogP contribution in [0.15, 0.2) is 48.5 Å².